The number of nitrogen functional groups attached to an aromatic ring is 1. The number of anilines is 1. The summed E-state index contributed by atoms with van der Waals surface area (Å²) in [4.78, 5) is 14.5. The molecule has 0 fully saturated rings. The highest BCUT2D eigenvalue weighted by atomic mass is 32.2. The van der Waals surface area contributed by atoms with Gasteiger partial charge in [-0.05, 0) is 32.0 Å². The van der Waals surface area contributed by atoms with Gasteiger partial charge in [-0.25, -0.2) is 23.0 Å². The van der Waals surface area contributed by atoms with Crippen LogP contribution in [-0.4, -0.2) is 43.5 Å². The number of hydrogen-bond donors (Lipinski definition) is 5. The molecule has 6 N–H and O–H groups in total. The minimum absolute atomic E-state index is 0.106. The molecule has 1 aromatic rings. The normalized spacial score (nSPS) is 24.7. The van der Waals surface area contributed by atoms with Crippen LogP contribution >= 0.6 is 11.8 Å². The smallest absolute Gasteiger partial charge is 0.410 e. The standard InChI is InChI=1S/C14H16F3N3O4S/c1-12(2)10(19-11(21)22)20-13(9(16)17,14(23,24)25-12)7-5-6(18)3-4-8(7)15/h3-5,9,23-24H,18H2,1-2H3,(H,19,20)(H,21,22). The molecule has 1 unspecified atom stereocenters. The summed E-state index contributed by atoms with van der Waals surface area (Å²) in [5, 5.41) is 28.2. The van der Waals surface area contributed by atoms with E-state index in [4.69, 9.17) is 10.8 Å². The second-order valence-electron chi connectivity index (χ2n) is 5.92. The number of carbonyl (C=O) groups is 1. The maximum absolute atomic E-state index is 14.3. The average molecular weight is 379 g/mol. The van der Waals surface area contributed by atoms with Gasteiger partial charge in [-0.3, -0.25) is 5.32 Å². The van der Waals surface area contributed by atoms with Crippen LogP contribution in [0.25, 0.3) is 0 Å². The van der Waals surface area contributed by atoms with Crippen LogP contribution in [0.2, 0.25) is 0 Å². The fourth-order valence-electron chi connectivity index (χ4n) is 2.52. The number of alkyl halides is 2. The topological polar surface area (TPSA) is 128 Å². The lowest BCUT2D eigenvalue weighted by Gasteiger charge is -2.48. The number of nitrogens with zero attached hydrogens (tertiary/aromatic N) is 1. The molecule has 0 saturated heterocycles. The first-order valence-corrected chi connectivity index (χ1v) is 7.74. The lowest BCUT2D eigenvalue weighted by Crippen LogP contribution is -2.62. The molecular formula is C14H16F3N3O4S. The maximum Gasteiger partial charge on any atom is 0.410 e. The molecule has 1 aliphatic rings. The van der Waals surface area contributed by atoms with E-state index in [-0.39, 0.29) is 17.4 Å². The summed E-state index contributed by atoms with van der Waals surface area (Å²) in [6.45, 7) is 2.69. The number of thioether (sulfide) groups is 1. The number of amidine groups is 1. The number of benzene rings is 1. The summed E-state index contributed by atoms with van der Waals surface area (Å²) in [5.41, 5.74) is 1.35. The summed E-state index contributed by atoms with van der Waals surface area (Å²) >= 11 is 0.208. The van der Waals surface area contributed by atoms with Crippen molar-refractivity contribution in [1.82, 2.24) is 5.32 Å². The largest absolute Gasteiger partial charge is 0.465 e. The molecule has 0 bridgehead atoms. The molecule has 1 aromatic carbocycles. The van der Waals surface area contributed by atoms with E-state index in [1.54, 1.807) is 0 Å². The van der Waals surface area contributed by atoms with E-state index in [1.807, 2.05) is 5.32 Å². The van der Waals surface area contributed by atoms with Gasteiger partial charge < -0.3 is 21.1 Å². The molecule has 2 rings (SSSR count). The highest BCUT2D eigenvalue weighted by molar-refractivity contribution is 8.02. The molecule has 0 radical (unpaired) electrons. The minimum atomic E-state index is -3.59. The van der Waals surface area contributed by atoms with Gasteiger partial charge in [-0.1, -0.05) is 11.8 Å². The van der Waals surface area contributed by atoms with Crippen molar-refractivity contribution in [3.05, 3.63) is 29.6 Å². The van der Waals surface area contributed by atoms with Crippen molar-refractivity contribution in [3.8, 4) is 0 Å². The van der Waals surface area contributed by atoms with E-state index in [1.165, 1.54) is 13.8 Å². The Morgan fingerprint density at radius 3 is 2.48 bits per heavy atom. The Bertz CT molecular complexity index is 742. The first kappa shape index (κ1) is 19.3. The van der Waals surface area contributed by atoms with Crippen LogP contribution in [0.1, 0.15) is 19.4 Å². The zero-order valence-electron chi connectivity index (χ0n) is 13.1. The Morgan fingerprint density at radius 1 is 1.36 bits per heavy atom. The number of aliphatic hydroxyl groups is 2. The Morgan fingerprint density at radius 2 is 1.96 bits per heavy atom. The molecule has 1 amide bonds. The first-order valence-electron chi connectivity index (χ1n) is 6.92. The van der Waals surface area contributed by atoms with Crippen molar-refractivity contribution < 1.29 is 33.3 Å². The molecular weight excluding hydrogens is 363 g/mol. The second kappa shape index (κ2) is 6.07. The van der Waals surface area contributed by atoms with Crippen molar-refractivity contribution in [2.24, 2.45) is 4.99 Å². The fraction of sp³-hybridized carbons (Fsp3) is 0.429. The molecule has 11 heteroatoms. The SMILES string of the molecule is CC1(C)SC(O)(O)C(c2cc(N)ccc2F)(C(F)F)N=C1NC(=O)O. The number of aliphatic imine (C=N–C) groups is 1. The third-order valence-corrected chi connectivity index (χ3v) is 4.99. The van der Waals surface area contributed by atoms with Gasteiger partial charge in [0.2, 0.25) is 5.54 Å². The van der Waals surface area contributed by atoms with Gasteiger partial charge in [0.05, 0.1) is 4.75 Å². The monoisotopic (exact) mass is 379 g/mol. The quantitative estimate of drug-likeness (QED) is 0.393. The van der Waals surface area contributed by atoms with Crippen LogP contribution < -0.4 is 11.1 Å². The molecule has 1 heterocycles. The fourth-order valence-corrected chi connectivity index (χ4v) is 3.83. The molecule has 25 heavy (non-hydrogen) atoms. The summed E-state index contributed by atoms with van der Waals surface area (Å²) in [7, 11) is 0. The Hall–Kier alpha value is -1.98. The van der Waals surface area contributed by atoms with Gasteiger partial charge in [0, 0.05) is 11.3 Å². The third-order valence-electron chi connectivity index (χ3n) is 3.69. The molecule has 0 saturated carbocycles. The van der Waals surface area contributed by atoms with Crippen LogP contribution in [0.3, 0.4) is 0 Å². The Kier molecular flexibility index (Phi) is 4.70. The van der Waals surface area contributed by atoms with Gasteiger partial charge in [-0.2, -0.15) is 0 Å². The molecule has 1 atom stereocenters. The Labute approximate surface area is 144 Å². The highest BCUT2D eigenvalue weighted by Gasteiger charge is 2.65. The number of amides is 1. The molecule has 0 aromatic heterocycles. The van der Waals surface area contributed by atoms with Gasteiger partial charge >= 0.3 is 6.09 Å². The first-order chi connectivity index (χ1) is 11.3. The van der Waals surface area contributed by atoms with Crippen molar-refractivity contribution in [2.75, 3.05) is 5.73 Å². The van der Waals surface area contributed by atoms with Crippen molar-refractivity contribution in [3.63, 3.8) is 0 Å². The predicted octanol–water partition coefficient (Wildman–Crippen LogP) is 1.70. The van der Waals surface area contributed by atoms with E-state index in [9.17, 15) is 28.2 Å². The van der Waals surface area contributed by atoms with E-state index in [2.05, 4.69) is 4.99 Å². The van der Waals surface area contributed by atoms with Gasteiger partial charge in [0.15, 0.2) is 0 Å². The zero-order valence-corrected chi connectivity index (χ0v) is 13.9. The number of halogens is 3. The van der Waals surface area contributed by atoms with Crippen molar-refractivity contribution in [1.29, 1.82) is 0 Å². The van der Waals surface area contributed by atoms with Crippen LogP contribution in [0.15, 0.2) is 23.2 Å². The van der Waals surface area contributed by atoms with Crippen LogP contribution in [0.5, 0.6) is 0 Å². The number of carboxylic acid groups (broad SMARTS) is 1. The van der Waals surface area contributed by atoms with Crippen molar-refractivity contribution in [2.45, 2.75) is 35.7 Å². The molecule has 7 nitrogen and oxygen atoms in total. The predicted molar refractivity (Wildman–Crippen MR) is 85.9 cm³/mol. The van der Waals surface area contributed by atoms with Crippen LogP contribution in [0, 0.1) is 5.82 Å². The average Bonchev–Trinajstić information content (AvgIpc) is 2.42. The number of nitrogens with one attached hydrogen (secondary N) is 1. The van der Waals surface area contributed by atoms with Gasteiger partial charge in [-0.15, -0.1) is 0 Å². The molecule has 1 aliphatic heterocycles. The number of hydrogen-bond acceptors (Lipinski definition) is 6. The second-order valence-corrected chi connectivity index (χ2v) is 7.71. The lowest BCUT2D eigenvalue weighted by molar-refractivity contribution is -0.176. The lowest BCUT2D eigenvalue weighted by atomic mass is 9.87. The number of nitrogens with two attached hydrogens (primary N) is 1. The summed E-state index contributed by atoms with van der Waals surface area (Å²) < 4.78 is 40.9. The van der Waals surface area contributed by atoms with Gasteiger partial charge in [0.1, 0.15) is 11.7 Å². The van der Waals surface area contributed by atoms with Crippen molar-refractivity contribution >= 4 is 29.4 Å². The summed E-state index contributed by atoms with van der Waals surface area (Å²) in [5.74, 6) is -1.67. The van der Waals surface area contributed by atoms with E-state index >= 15 is 0 Å². The molecule has 0 spiro atoms. The highest BCUT2D eigenvalue weighted by Crippen LogP contribution is 2.54. The Balaban J connectivity index is 2.85. The van der Waals surface area contributed by atoms with E-state index < -0.39 is 45.1 Å². The zero-order chi connectivity index (χ0) is 19.2. The third kappa shape index (κ3) is 3.14. The van der Waals surface area contributed by atoms with E-state index in [0.717, 1.165) is 18.2 Å². The van der Waals surface area contributed by atoms with Crippen LogP contribution in [0.4, 0.5) is 23.7 Å². The summed E-state index contributed by atoms with van der Waals surface area (Å²) in [6, 6.07) is 2.70. The van der Waals surface area contributed by atoms with Gasteiger partial charge in [0.25, 0.3) is 11.5 Å². The molecule has 138 valence electrons. The minimum Gasteiger partial charge on any atom is -0.465 e. The number of rotatable bonds is 2. The van der Waals surface area contributed by atoms with Crippen LogP contribution in [-0.2, 0) is 5.54 Å². The maximum atomic E-state index is 14.3. The molecule has 0 aliphatic carbocycles. The van der Waals surface area contributed by atoms with E-state index in [0.29, 0.717) is 0 Å². The summed E-state index contributed by atoms with van der Waals surface area (Å²) in [6.07, 6.45) is -5.18.